The van der Waals surface area contributed by atoms with E-state index in [-0.39, 0.29) is 35.8 Å². The summed E-state index contributed by atoms with van der Waals surface area (Å²) in [7, 11) is 1.91. The lowest BCUT2D eigenvalue weighted by molar-refractivity contribution is 0.0131. The summed E-state index contributed by atoms with van der Waals surface area (Å²) in [6.45, 7) is 2.99. The van der Waals surface area contributed by atoms with E-state index in [0.29, 0.717) is 69.3 Å². The lowest BCUT2D eigenvalue weighted by Gasteiger charge is -2.22. The molecule has 7 nitrogen and oxygen atoms in total. The van der Waals surface area contributed by atoms with Crippen molar-refractivity contribution in [2.24, 2.45) is 5.92 Å². The summed E-state index contributed by atoms with van der Waals surface area (Å²) in [6.07, 6.45) is 12.6. The summed E-state index contributed by atoms with van der Waals surface area (Å²) in [5.74, 6) is -2.72. The molecule has 0 radical (unpaired) electrons. The summed E-state index contributed by atoms with van der Waals surface area (Å²) < 4.78 is 58.8. The van der Waals surface area contributed by atoms with Crippen LogP contribution in [0.2, 0.25) is 0 Å². The van der Waals surface area contributed by atoms with Crippen LogP contribution in [0, 0.1) is 16.9 Å². The number of hydrogen-bond acceptors (Lipinski definition) is 7. The topological polar surface area (TPSA) is 82.9 Å². The number of hydrogen-bond donors (Lipinski definition) is 2. The Kier molecular flexibility index (Phi) is 6.51. The zero-order valence-electron chi connectivity index (χ0n) is 24.5. The molecule has 2 N–H and O–H groups in total. The number of aromatic nitrogens is 4. The average molecular weight is 632 g/mol. The minimum atomic E-state index is -2.69. The summed E-state index contributed by atoms with van der Waals surface area (Å²) in [4.78, 5) is 21.7. The number of likely N-dealkylation sites (N-methyl/N-ethyl adjacent to an activating group) is 1. The van der Waals surface area contributed by atoms with Crippen molar-refractivity contribution in [1.29, 1.82) is 0 Å². The molecule has 2 saturated heterocycles. The molecule has 0 bridgehead atoms. The van der Waals surface area contributed by atoms with E-state index in [1.165, 1.54) is 6.07 Å². The number of allylic oxidation sites excluding steroid dienone is 4. The van der Waals surface area contributed by atoms with Crippen LogP contribution in [0.1, 0.15) is 30.4 Å². The van der Waals surface area contributed by atoms with Crippen molar-refractivity contribution in [3.63, 3.8) is 0 Å². The standard InChI is InChI=1S/C33H29F4N7S/c1-17-3-4-18(14-44-8-7-33(36,37)16-44)10-19(9-17)29-28(35)26-23(13-39-29)43(2)15-22-31(40-22)27(26)32-41-21-12-38-11-20(30(21)42-32)24-5-6-25(34)45-24/h3-6,9-13,17,22,40H,7-8,14-16H2,1-2H3,(H,41,42)/t17-,22?/m0/s1. The van der Waals surface area contributed by atoms with Gasteiger partial charge in [-0.2, -0.15) is 4.39 Å². The summed E-state index contributed by atoms with van der Waals surface area (Å²) in [6, 6.07) is 3.13. The number of anilines is 1. The van der Waals surface area contributed by atoms with Crippen LogP contribution < -0.4 is 10.2 Å². The molecule has 0 saturated carbocycles. The molecule has 0 spiro atoms. The maximum absolute atomic E-state index is 17.1. The first-order valence-electron chi connectivity index (χ1n) is 14.9. The number of alkyl halides is 2. The van der Waals surface area contributed by atoms with Crippen LogP contribution in [0.25, 0.3) is 32.6 Å². The number of halogens is 4. The molecule has 230 valence electrons. The van der Waals surface area contributed by atoms with Crippen molar-refractivity contribution in [3.8, 4) is 10.4 Å². The van der Waals surface area contributed by atoms with Gasteiger partial charge < -0.3 is 15.2 Å². The lowest BCUT2D eigenvalue weighted by atomic mass is 9.97. The summed E-state index contributed by atoms with van der Waals surface area (Å²) >= 11 is 1.02. The normalized spacial score (nSPS) is 22.5. The number of imidazole rings is 1. The zero-order valence-corrected chi connectivity index (χ0v) is 25.4. The molecule has 12 heteroatoms. The number of nitrogens with zero attached hydrogens (tertiary/aromatic N) is 5. The Hall–Kier alpha value is -4.29. The third-order valence-corrected chi connectivity index (χ3v) is 9.68. The Bertz CT molecular complexity index is 1990. The van der Waals surface area contributed by atoms with Crippen molar-refractivity contribution < 1.29 is 17.6 Å². The van der Waals surface area contributed by atoms with Crippen molar-refractivity contribution in [3.05, 3.63) is 94.3 Å². The van der Waals surface area contributed by atoms with Crippen molar-refractivity contribution >= 4 is 39.2 Å². The SMILES string of the molecule is C[C@H]1C=CC(CN2CCC(F)(F)C2)=CC(c2ncc3c(c2F)C(c2nc4c(-c5ccc(F)s5)cncc4[nH]2)=C2NC2CN3C)=C1. The Balaban J connectivity index is 1.24. The van der Waals surface area contributed by atoms with Crippen molar-refractivity contribution in [2.75, 3.05) is 38.1 Å². The molecule has 45 heavy (non-hydrogen) atoms. The van der Waals surface area contributed by atoms with E-state index in [1.54, 1.807) is 29.6 Å². The highest BCUT2D eigenvalue weighted by Crippen LogP contribution is 2.44. The van der Waals surface area contributed by atoms with Gasteiger partial charge in [-0.15, -0.1) is 11.3 Å². The quantitative estimate of drug-likeness (QED) is 0.196. The highest BCUT2D eigenvalue weighted by atomic mass is 32.1. The summed E-state index contributed by atoms with van der Waals surface area (Å²) in [5, 5.41) is 3.10. The molecule has 1 unspecified atom stereocenters. The minimum Gasteiger partial charge on any atom is -0.376 e. The van der Waals surface area contributed by atoms with Crippen LogP contribution in [0.15, 0.2) is 66.3 Å². The fourth-order valence-electron chi connectivity index (χ4n) is 6.54. The number of likely N-dealkylation sites (tertiary alicyclic amines) is 1. The second-order valence-electron chi connectivity index (χ2n) is 12.2. The highest BCUT2D eigenvalue weighted by Gasteiger charge is 2.41. The number of aromatic amines is 1. The van der Waals surface area contributed by atoms with E-state index in [4.69, 9.17) is 4.98 Å². The van der Waals surface area contributed by atoms with E-state index >= 15 is 4.39 Å². The molecule has 2 fully saturated rings. The van der Waals surface area contributed by atoms with Gasteiger partial charge in [0.1, 0.15) is 17.0 Å². The Labute approximate surface area is 260 Å². The van der Waals surface area contributed by atoms with E-state index in [9.17, 15) is 13.2 Å². The fraction of sp³-hybridized carbons (Fsp3) is 0.303. The van der Waals surface area contributed by atoms with Crippen LogP contribution in [0.3, 0.4) is 0 Å². The Morgan fingerprint density at radius 2 is 2.02 bits per heavy atom. The van der Waals surface area contributed by atoms with Crippen LogP contribution >= 0.6 is 11.3 Å². The molecule has 4 aromatic rings. The molecule has 7 heterocycles. The smallest absolute Gasteiger partial charge is 0.261 e. The average Bonchev–Trinajstić information content (AvgIpc) is 3.28. The predicted molar refractivity (Wildman–Crippen MR) is 168 cm³/mol. The van der Waals surface area contributed by atoms with Crippen molar-refractivity contribution in [1.82, 2.24) is 30.2 Å². The fourth-order valence-corrected chi connectivity index (χ4v) is 7.28. The molecule has 3 aliphatic heterocycles. The van der Waals surface area contributed by atoms with Crippen LogP contribution in [-0.2, 0) is 0 Å². The Morgan fingerprint density at radius 1 is 1.16 bits per heavy atom. The summed E-state index contributed by atoms with van der Waals surface area (Å²) in [5.41, 5.74) is 6.07. The van der Waals surface area contributed by atoms with Gasteiger partial charge in [0.25, 0.3) is 5.92 Å². The third kappa shape index (κ3) is 5.05. The van der Waals surface area contributed by atoms with Crippen LogP contribution in [0.5, 0.6) is 0 Å². The first-order chi connectivity index (χ1) is 21.6. The highest BCUT2D eigenvalue weighted by molar-refractivity contribution is 7.14. The van der Waals surface area contributed by atoms with Gasteiger partial charge in [-0.3, -0.25) is 14.9 Å². The molecule has 1 aliphatic carbocycles. The van der Waals surface area contributed by atoms with Gasteiger partial charge in [-0.05, 0) is 29.7 Å². The van der Waals surface area contributed by atoms with Crippen LogP contribution in [0.4, 0.5) is 23.2 Å². The third-order valence-electron chi connectivity index (χ3n) is 8.78. The number of H-pyrrole nitrogens is 1. The van der Waals surface area contributed by atoms with Gasteiger partial charge in [-0.1, -0.05) is 25.2 Å². The monoisotopic (exact) mass is 631 g/mol. The first-order valence-corrected chi connectivity index (χ1v) is 15.7. The van der Waals surface area contributed by atoms with Gasteiger partial charge in [0, 0.05) is 61.0 Å². The molecule has 2 atom stereocenters. The second-order valence-corrected chi connectivity index (χ2v) is 13.2. The van der Waals surface area contributed by atoms with Gasteiger partial charge in [-0.25, -0.2) is 18.2 Å². The van der Waals surface area contributed by atoms with E-state index in [0.717, 1.165) is 22.6 Å². The molecule has 4 aliphatic rings. The number of thiophene rings is 1. The number of nitrogens with one attached hydrogen (secondary N) is 2. The van der Waals surface area contributed by atoms with Gasteiger partial charge in [0.2, 0.25) is 0 Å². The maximum atomic E-state index is 17.1. The van der Waals surface area contributed by atoms with Gasteiger partial charge >= 0.3 is 0 Å². The number of rotatable bonds is 5. The number of pyridine rings is 2. The van der Waals surface area contributed by atoms with Gasteiger partial charge in [0.05, 0.1) is 47.3 Å². The first kappa shape index (κ1) is 28.2. The molecule has 4 aromatic heterocycles. The molecule has 0 aromatic carbocycles. The zero-order chi connectivity index (χ0) is 31.0. The van der Waals surface area contributed by atoms with E-state index < -0.39 is 11.7 Å². The van der Waals surface area contributed by atoms with E-state index in [2.05, 4.69) is 20.3 Å². The number of fused-ring (bicyclic) bond motifs is 3. The lowest BCUT2D eigenvalue weighted by Crippen LogP contribution is -2.26. The van der Waals surface area contributed by atoms with Gasteiger partial charge in [0.15, 0.2) is 10.9 Å². The van der Waals surface area contributed by atoms with E-state index in [1.807, 2.05) is 43.2 Å². The molecule has 0 amide bonds. The second kappa shape index (κ2) is 10.4. The molecule has 8 rings (SSSR count). The predicted octanol–water partition coefficient (Wildman–Crippen LogP) is 6.40. The molecular weight excluding hydrogens is 602 g/mol. The van der Waals surface area contributed by atoms with Crippen LogP contribution in [-0.4, -0.2) is 70.0 Å². The van der Waals surface area contributed by atoms with Crippen molar-refractivity contribution in [2.45, 2.75) is 25.3 Å². The largest absolute Gasteiger partial charge is 0.376 e. The maximum Gasteiger partial charge on any atom is 0.261 e. The minimum absolute atomic E-state index is 0.0175. The Morgan fingerprint density at radius 3 is 2.80 bits per heavy atom. The molecular formula is C33H29F4N7S.